The summed E-state index contributed by atoms with van der Waals surface area (Å²) in [5.74, 6) is -0.0306. The number of rotatable bonds is 9. The molecule has 8 heteroatoms. The molecule has 0 unspecified atom stereocenters. The third-order valence-corrected chi connectivity index (χ3v) is 7.19. The number of primary amides is 1. The van der Waals surface area contributed by atoms with E-state index in [1.807, 2.05) is 43.3 Å². The molecule has 2 heterocycles. The highest BCUT2D eigenvalue weighted by Gasteiger charge is 2.35. The number of alkyl halides is 3. The number of aromatic nitrogens is 2. The summed E-state index contributed by atoms with van der Waals surface area (Å²) in [4.78, 5) is 20.3. The van der Waals surface area contributed by atoms with E-state index in [9.17, 15) is 18.0 Å². The fraction of sp³-hybridized carbons (Fsp3) is 0.414. The van der Waals surface area contributed by atoms with Crippen LogP contribution in [-0.2, 0) is 30.2 Å². The first kappa shape index (κ1) is 26.8. The van der Waals surface area contributed by atoms with Crippen LogP contribution >= 0.6 is 0 Å². The Bertz CT molecular complexity index is 1200. The van der Waals surface area contributed by atoms with Gasteiger partial charge in [-0.3, -0.25) is 4.79 Å². The number of hydrogen-bond donors (Lipinski definition) is 2. The summed E-state index contributed by atoms with van der Waals surface area (Å²) in [7, 11) is 0. The van der Waals surface area contributed by atoms with Crippen LogP contribution in [-0.4, -0.2) is 29.0 Å². The van der Waals surface area contributed by atoms with Gasteiger partial charge in [0.2, 0.25) is 5.91 Å². The second kappa shape index (κ2) is 11.9. The van der Waals surface area contributed by atoms with Crippen molar-refractivity contribution in [3.05, 3.63) is 94.1 Å². The Morgan fingerprint density at radius 2 is 1.78 bits per heavy atom. The van der Waals surface area contributed by atoms with E-state index in [2.05, 4.69) is 27.4 Å². The smallest absolute Gasteiger partial charge is 0.369 e. The number of amides is 1. The molecule has 0 aliphatic carbocycles. The van der Waals surface area contributed by atoms with Crippen molar-refractivity contribution in [1.82, 2.24) is 15.3 Å². The molecule has 0 bridgehead atoms. The van der Waals surface area contributed by atoms with E-state index in [-0.39, 0.29) is 12.1 Å². The Balaban J connectivity index is 1.54. The molecule has 0 saturated carbocycles. The number of halogens is 3. The maximum absolute atomic E-state index is 13.8. The van der Waals surface area contributed by atoms with Crippen LogP contribution in [0.4, 0.5) is 13.2 Å². The SMILES string of the molecule is CC[C@H](C(N)=O)c1ccccc1CCc1nc(Cc2ccc(C3CCNCC3)cc2)ncc1C(F)(F)F. The van der Waals surface area contributed by atoms with E-state index in [1.165, 1.54) is 5.56 Å². The van der Waals surface area contributed by atoms with Gasteiger partial charge in [-0.2, -0.15) is 13.2 Å². The van der Waals surface area contributed by atoms with Crippen LogP contribution in [0.15, 0.2) is 54.7 Å². The molecule has 0 spiro atoms. The highest BCUT2D eigenvalue weighted by atomic mass is 19.4. The molecular formula is C29H33F3N4O. The summed E-state index contributed by atoms with van der Waals surface area (Å²) < 4.78 is 41.3. The van der Waals surface area contributed by atoms with Gasteiger partial charge in [0.25, 0.3) is 0 Å². The number of piperidine rings is 1. The summed E-state index contributed by atoms with van der Waals surface area (Å²) in [5.41, 5.74) is 8.52. The monoisotopic (exact) mass is 510 g/mol. The average Bonchev–Trinajstić information content (AvgIpc) is 2.89. The Hall–Kier alpha value is -3.26. The minimum absolute atomic E-state index is 0.0363. The van der Waals surface area contributed by atoms with Crippen LogP contribution in [0.1, 0.15) is 77.4 Å². The van der Waals surface area contributed by atoms with Gasteiger partial charge in [-0.25, -0.2) is 9.97 Å². The molecule has 1 aromatic heterocycles. The maximum Gasteiger partial charge on any atom is 0.419 e. The van der Waals surface area contributed by atoms with Crippen LogP contribution in [0.5, 0.6) is 0 Å². The van der Waals surface area contributed by atoms with Crippen molar-refractivity contribution in [3.63, 3.8) is 0 Å². The zero-order valence-electron chi connectivity index (χ0n) is 21.0. The molecule has 37 heavy (non-hydrogen) atoms. The van der Waals surface area contributed by atoms with Crippen LogP contribution in [0, 0.1) is 0 Å². The quantitative estimate of drug-likeness (QED) is 0.409. The number of aryl methyl sites for hydroxylation is 2. The van der Waals surface area contributed by atoms with Crippen molar-refractivity contribution >= 4 is 5.91 Å². The number of nitrogens with two attached hydrogens (primary N) is 1. The summed E-state index contributed by atoms with van der Waals surface area (Å²) in [6, 6.07) is 15.5. The lowest BCUT2D eigenvalue weighted by molar-refractivity contribution is -0.138. The summed E-state index contributed by atoms with van der Waals surface area (Å²) in [5, 5.41) is 3.37. The van der Waals surface area contributed by atoms with E-state index >= 15 is 0 Å². The van der Waals surface area contributed by atoms with Gasteiger partial charge in [-0.05, 0) is 73.4 Å². The molecule has 1 fully saturated rings. The fourth-order valence-corrected chi connectivity index (χ4v) is 5.15. The van der Waals surface area contributed by atoms with Crippen LogP contribution < -0.4 is 11.1 Å². The third-order valence-electron chi connectivity index (χ3n) is 7.19. The topological polar surface area (TPSA) is 80.9 Å². The first-order valence-electron chi connectivity index (χ1n) is 12.8. The van der Waals surface area contributed by atoms with Crippen LogP contribution in [0.25, 0.3) is 0 Å². The Morgan fingerprint density at radius 3 is 2.43 bits per heavy atom. The molecule has 3 N–H and O–H groups in total. The number of hydrogen-bond acceptors (Lipinski definition) is 4. The zero-order chi connectivity index (χ0) is 26.4. The predicted octanol–water partition coefficient (Wildman–Crippen LogP) is 5.32. The maximum atomic E-state index is 13.8. The van der Waals surface area contributed by atoms with Crippen molar-refractivity contribution in [2.24, 2.45) is 5.73 Å². The van der Waals surface area contributed by atoms with Gasteiger partial charge in [0.15, 0.2) is 0 Å². The standard InChI is InChI=1S/C29H33F3N4O/c1-2-23(28(33)37)24-6-4-3-5-22(24)11-12-26-25(29(30,31)32)18-35-27(36-26)17-19-7-9-20(10-8-19)21-13-15-34-16-14-21/h3-10,18,21,23,34H,2,11-17H2,1H3,(H2,33,37)/t23-/m0/s1. The summed E-state index contributed by atoms with van der Waals surface area (Å²) in [6.07, 6.45) is -0.190. The second-order valence-electron chi connectivity index (χ2n) is 9.65. The number of benzene rings is 2. The first-order valence-corrected chi connectivity index (χ1v) is 12.8. The summed E-state index contributed by atoms with van der Waals surface area (Å²) >= 11 is 0. The zero-order valence-corrected chi connectivity index (χ0v) is 21.0. The minimum Gasteiger partial charge on any atom is -0.369 e. The van der Waals surface area contributed by atoms with Crippen LogP contribution in [0.3, 0.4) is 0 Å². The van der Waals surface area contributed by atoms with Crippen molar-refractivity contribution < 1.29 is 18.0 Å². The molecule has 3 aromatic rings. The molecule has 1 aliphatic rings. The van der Waals surface area contributed by atoms with Gasteiger partial charge in [0.1, 0.15) is 5.82 Å². The van der Waals surface area contributed by atoms with Gasteiger partial charge < -0.3 is 11.1 Å². The number of carbonyl (C=O) groups is 1. The molecular weight excluding hydrogens is 477 g/mol. The molecule has 2 aromatic carbocycles. The normalized spacial score (nSPS) is 15.5. The van der Waals surface area contributed by atoms with E-state index < -0.39 is 23.6 Å². The van der Waals surface area contributed by atoms with E-state index in [4.69, 9.17) is 5.73 Å². The van der Waals surface area contributed by atoms with Gasteiger partial charge >= 0.3 is 6.18 Å². The molecule has 1 aliphatic heterocycles. The van der Waals surface area contributed by atoms with Crippen molar-refractivity contribution in [3.8, 4) is 0 Å². The van der Waals surface area contributed by atoms with E-state index in [0.717, 1.165) is 48.8 Å². The lowest BCUT2D eigenvalue weighted by Gasteiger charge is -2.23. The van der Waals surface area contributed by atoms with Gasteiger partial charge in [-0.1, -0.05) is 55.5 Å². The van der Waals surface area contributed by atoms with Crippen LogP contribution in [0.2, 0.25) is 0 Å². The highest BCUT2D eigenvalue weighted by Crippen LogP contribution is 2.32. The second-order valence-corrected chi connectivity index (χ2v) is 9.65. The largest absolute Gasteiger partial charge is 0.419 e. The predicted molar refractivity (Wildman–Crippen MR) is 137 cm³/mol. The molecule has 1 atom stereocenters. The molecule has 1 amide bonds. The molecule has 1 saturated heterocycles. The summed E-state index contributed by atoms with van der Waals surface area (Å²) in [6.45, 7) is 3.89. The average molecular weight is 511 g/mol. The van der Waals surface area contributed by atoms with Crippen molar-refractivity contribution in [1.29, 1.82) is 0 Å². The number of nitrogens with one attached hydrogen (secondary N) is 1. The lowest BCUT2D eigenvalue weighted by atomic mass is 9.89. The molecule has 4 rings (SSSR count). The van der Waals surface area contributed by atoms with Crippen molar-refractivity contribution in [2.75, 3.05) is 13.1 Å². The number of carbonyl (C=O) groups excluding carboxylic acids is 1. The van der Waals surface area contributed by atoms with Gasteiger partial charge in [0.05, 0.1) is 17.2 Å². The van der Waals surface area contributed by atoms with E-state index in [0.29, 0.717) is 31.0 Å². The van der Waals surface area contributed by atoms with Gasteiger partial charge in [0, 0.05) is 12.6 Å². The third kappa shape index (κ3) is 6.74. The number of nitrogens with zero attached hydrogens (tertiary/aromatic N) is 2. The fourth-order valence-electron chi connectivity index (χ4n) is 5.15. The Kier molecular flexibility index (Phi) is 8.59. The van der Waals surface area contributed by atoms with Crippen molar-refractivity contribution in [2.45, 2.75) is 63.5 Å². The Morgan fingerprint density at radius 1 is 1.08 bits per heavy atom. The molecule has 5 nitrogen and oxygen atoms in total. The molecule has 0 radical (unpaired) electrons. The van der Waals surface area contributed by atoms with Gasteiger partial charge in [-0.15, -0.1) is 0 Å². The van der Waals surface area contributed by atoms with E-state index in [1.54, 1.807) is 0 Å². The minimum atomic E-state index is -4.55. The lowest BCUT2D eigenvalue weighted by Crippen LogP contribution is -2.26. The Labute approximate surface area is 215 Å². The highest BCUT2D eigenvalue weighted by molar-refractivity contribution is 5.82. The first-order chi connectivity index (χ1) is 17.8. The molecule has 196 valence electrons.